The van der Waals surface area contributed by atoms with Crippen molar-refractivity contribution in [3.63, 3.8) is 0 Å². The van der Waals surface area contributed by atoms with Crippen molar-refractivity contribution in [3.05, 3.63) is 18.5 Å². The summed E-state index contributed by atoms with van der Waals surface area (Å²) in [5.41, 5.74) is 0. The van der Waals surface area contributed by atoms with E-state index in [4.69, 9.17) is 0 Å². The van der Waals surface area contributed by atoms with Gasteiger partial charge in [-0.2, -0.15) is 0 Å². The fourth-order valence-corrected chi connectivity index (χ4v) is 4.21. The Morgan fingerprint density at radius 2 is 1.79 bits per heavy atom. The summed E-state index contributed by atoms with van der Waals surface area (Å²) < 4.78 is 24.3. The van der Waals surface area contributed by atoms with Crippen LogP contribution in [0.15, 0.2) is 18.5 Å². The van der Waals surface area contributed by atoms with Gasteiger partial charge in [0.1, 0.15) is 6.04 Å². The van der Waals surface area contributed by atoms with Crippen molar-refractivity contribution in [1.82, 2.24) is 19.2 Å². The summed E-state index contributed by atoms with van der Waals surface area (Å²) in [5.74, 6) is -0.203. The number of carbonyl (C=O) groups is 2. The van der Waals surface area contributed by atoms with Crippen molar-refractivity contribution in [2.24, 2.45) is 0 Å². The minimum absolute atomic E-state index is 0.0846. The summed E-state index contributed by atoms with van der Waals surface area (Å²) in [4.78, 5) is 36.4. The molecule has 1 aromatic heterocycles. The van der Waals surface area contributed by atoms with E-state index < -0.39 is 22.0 Å². The number of hydrogen-bond donors (Lipinski definition) is 0. The molecule has 0 N–H and O–H groups in total. The van der Waals surface area contributed by atoms with E-state index in [1.165, 1.54) is 0 Å². The number of piperazine rings is 1. The Morgan fingerprint density at radius 1 is 1.17 bits per heavy atom. The van der Waals surface area contributed by atoms with Crippen LogP contribution >= 0.6 is 0 Å². The lowest BCUT2D eigenvalue weighted by molar-refractivity contribution is -0.138. The fraction of sp³-hybridized carbons (Fsp3) is 0.571. The van der Waals surface area contributed by atoms with E-state index in [1.807, 2.05) is 4.90 Å². The molecule has 0 aliphatic carbocycles. The monoisotopic (exact) mass is 353 g/mol. The summed E-state index contributed by atoms with van der Waals surface area (Å²) in [6, 6.07) is 0.826. The molecule has 1 unspecified atom stereocenters. The van der Waals surface area contributed by atoms with Crippen molar-refractivity contribution >= 4 is 27.8 Å². The van der Waals surface area contributed by atoms with Crippen LogP contribution in [-0.4, -0.2) is 77.9 Å². The molecule has 0 aromatic carbocycles. The van der Waals surface area contributed by atoms with Crippen LogP contribution in [0.4, 0.5) is 5.95 Å². The molecule has 9 nitrogen and oxygen atoms in total. The van der Waals surface area contributed by atoms with Gasteiger partial charge in [-0.3, -0.25) is 9.59 Å². The largest absolute Gasteiger partial charge is 0.337 e. The minimum Gasteiger partial charge on any atom is -0.337 e. The zero-order valence-electron chi connectivity index (χ0n) is 13.3. The van der Waals surface area contributed by atoms with Crippen LogP contribution in [0.5, 0.6) is 0 Å². The van der Waals surface area contributed by atoms with E-state index in [2.05, 4.69) is 9.97 Å². The van der Waals surface area contributed by atoms with Gasteiger partial charge in [0, 0.05) is 45.0 Å². The van der Waals surface area contributed by atoms with Crippen LogP contribution in [0.25, 0.3) is 0 Å². The fourth-order valence-electron chi connectivity index (χ4n) is 3.09. The molecular formula is C14H19N5O4S. The van der Waals surface area contributed by atoms with E-state index in [-0.39, 0.29) is 18.7 Å². The Bertz CT molecular complexity index is 731. The second-order valence-corrected chi connectivity index (χ2v) is 7.73. The number of aromatic nitrogens is 2. The Hall–Kier alpha value is -2.23. The third-order valence-corrected chi connectivity index (χ3v) is 5.40. The van der Waals surface area contributed by atoms with Crippen LogP contribution < -0.4 is 4.90 Å². The van der Waals surface area contributed by atoms with Crippen molar-refractivity contribution < 1.29 is 18.0 Å². The van der Waals surface area contributed by atoms with Crippen LogP contribution in [0.1, 0.15) is 12.8 Å². The molecule has 3 rings (SSSR count). The number of hydrogen-bond acceptors (Lipinski definition) is 7. The highest BCUT2D eigenvalue weighted by atomic mass is 32.2. The van der Waals surface area contributed by atoms with Gasteiger partial charge in [0.15, 0.2) is 0 Å². The third-order valence-electron chi connectivity index (χ3n) is 4.23. The maximum absolute atomic E-state index is 12.7. The number of anilines is 1. The molecule has 24 heavy (non-hydrogen) atoms. The van der Waals surface area contributed by atoms with Crippen LogP contribution in [0, 0.1) is 0 Å². The number of amides is 2. The van der Waals surface area contributed by atoms with Crippen LogP contribution in [0.2, 0.25) is 0 Å². The molecule has 1 atom stereocenters. The highest BCUT2D eigenvalue weighted by molar-refractivity contribution is 7.89. The smallest absolute Gasteiger partial charge is 0.246 e. The van der Waals surface area contributed by atoms with Crippen molar-refractivity contribution in [2.45, 2.75) is 18.9 Å². The van der Waals surface area contributed by atoms with Gasteiger partial charge >= 0.3 is 0 Å². The SMILES string of the molecule is CS(=O)(=O)N1C(=O)CCC1C(=O)N1CCN(c2ncccn2)CC1. The minimum atomic E-state index is -3.73. The molecule has 1 aromatic rings. The molecule has 2 fully saturated rings. The zero-order valence-corrected chi connectivity index (χ0v) is 14.1. The molecule has 0 saturated carbocycles. The Labute approximate surface area is 140 Å². The molecule has 0 bridgehead atoms. The molecule has 130 valence electrons. The third kappa shape index (κ3) is 3.18. The van der Waals surface area contributed by atoms with Gasteiger partial charge in [0.05, 0.1) is 6.26 Å². The Morgan fingerprint density at radius 3 is 2.38 bits per heavy atom. The number of sulfonamides is 1. The number of carbonyl (C=O) groups excluding carboxylic acids is 2. The summed E-state index contributed by atoms with van der Waals surface area (Å²) in [6.45, 7) is 2.02. The maximum atomic E-state index is 12.7. The predicted octanol–water partition coefficient (Wildman–Crippen LogP) is -0.924. The second-order valence-electron chi connectivity index (χ2n) is 5.87. The second kappa shape index (κ2) is 6.34. The summed E-state index contributed by atoms with van der Waals surface area (Å²) in [7, 11) is -3.73. The van der Waals surface area contributed by atoms with Gasteiger partial charge < -0.3 is 9.80 Å². The standard InChI is InChI=1S/C14H19N5O4S/c1-24(22,23)19-11(3-4-12(19)20)13(21)17-7-9-18(10-8-17)14-15-5-2-6-16-14/h2,5-6,11H,3-4,7-10H2,1H3. The maximum Gasteiger partial charge on any atom is 0.246 e. The first-order valence-corrected chi connectivity index (χ1v) is 9.56. The van der Waals surface area contributed by atoms with Gasteiger partial charge in [0.25, 0.3) is 0 Å². The number of nitrogens with zero attached hydrogens (tertiary/aromatic N) is 5. The Balaban J connectivity index is 1.66. The molecule has 2 saturated heterocycles. The number of rotatable bonds is 3. The topological polar surface area (TPSA) is 104 Å². The molecule has 2 aliphatic heterocycles. The van der Waals surface area contributed by atoms with Gasteiger partial charge in [-0.25, -0.2) is 22.7 Å². The van der Waals surface area contributed by atoms with Crippen LogP contribution in [0.3, 0.4) is 0 Å². The Kier molecular flexibility index (Phi) is 4.39. The first kappa shape index (κ1) is 16.6. The van der Waals surface area contributed by atoms with Crippen LogP contribution in [-0.2, 0) is 19.6 Å². The van der Waals surface area contributed by atoms with Gasteiger partial charge in [-0.1, -0.05) is 0 Å². The van der Waals surface area contributed by atoms with E-state index in [0.717, 1.165) is 10.6 Å². The summed E-state index contributed by atoms with van der Waals surface area (Å²) in [6.07, 6.45) is 4.61. The lowest BCUT2D eigenvalue weighted by Crippen LogP contribution is -2.55. The van der Waals surface area contributed by atoms with E-state index in [0.29, 0.717) is 32.1 Å². The van der Waals surface area contributed by atoms with Crippen molar-refractivity contribution in [2.75, 3.05) is 37.3 Å². The molecular weight excluding hydrogens is 334 g/mol. The van der Waals surface area contributed by atoms with Crippen molar-refractivity contribution in [3.8, 4) is 0 Å². The summed E-state index contributed by atoms with van der Waals surface area (Å²) in [5, 5.41) is 0. The quantitative estimate of drug-likeness (QED) is 0.692. The molecule has 2 aliphatic rings. The van der Waals surface area contributed by atoms with Gasteiger partial charge in [-0.15, -0.1) is 0 Å². The van der Waals surface area contributed by atoms with E-state index in [1.54, 1.807) is 23.4 Å². The highest BCUT2D eigenvalue weighted by Crippen LogP contribution is 2.24. The average Bonchev–Trinajstić information content (AvgIpc) is 2.97. The molecule has 3 heterocycles. The molecule has 10 heteroatoms. The first-order valence-electron chi connectivity index (χ1n) is 7.71. The van der Waals surface area contributed by atoms with Gasteiger partial charge in [-0.05, 0) is 12.5 Å². The highest BCUT2D eigenvalue weighted by Gasteiger charge is 2.43. The lowest BCUT2D eigenvalue weighted by Gasteiger charge is -2.36. The van der Waals surface area contributed by atoms with E-state index >= 15 is 0 Å². The zero-order chi connectivity index (χ0) is 17.3. The normalized spacial score (nSPS) is 22.1. The molecule has 0 radical (unpaired) electrons. The average molecular weight is 353 g/mol. The molecule has 0 spiro atoms. The van der Waals surface area contributed by atoms with E-state index in [9.17, 15) is 18.0 Å². The lowest BCUT2D eigenvalue weighted by atomic mass is 10.2. The summed E-state index contributed by atoms with van der Waals surface area (Å²) >= 11 is 0. The molecule has 2 amide bonds. The predicted molar refractivity (Wildman–Crippen MR) is 85.5 cm³/mol. The van der Waals surface area contributed by atoms with Gasteiger partial charge in [0.2, 0.25) is 27.8 Å². The van der Waals surface area contributed by atoms with Crippen molar-refractivity contribution in [1.29, 1.82) is 0 Å². The first-order chi connectivity index (χ1) is 11.4.